The van der Waals surface area contributed by atoms with Gasteiger partial charge >= 0.3 is 5.97 Å². The Bertz CT molecular complexity index is 729. The van der Waals surface area contributed by atoms with Crippen molar-refractivity contribution in [3.05, 3.63) is 45.6 Å². The van der Waals surface area contributed by atoms with E-state index in [2.05, 4.69) is 22.4 Å². The van der Waals surface area contributed by atoms with Gasteiger partial charge in [-0.2, -0.15) is 0 Å². The van der Waals surface area contributed by atoms with E-state index in [9.17, 15) is 4.79 Å². The molecule has 1 atom stereocenters. The minimum absolute atomic E-state index is 0.0213. The van der Waals surface area contributed by atoms with E-state index >= 15 is 0 Å². The molecule has 134 valence electrons. The van der Waals surface area contributed by atoms with Gasteiger partial charge in [-0.3, -0.25) is 9.69 Å². The summed E-state index contributed by atoms with van der Waals surface area (Å²) in [5.74, 6) is 1.26. The normalized spacial score (nSPS) is 17.0. The molecule has 0 saturated carbocycles. The highest BCUT2D eigenvalue weighted by atomic mass is 32.1. The first-order valence-electron chi connectivity index (χ1n) is 8.35. The molecule has 25 heavy (non-hydrogen) atoms. The molecule has 1 aromatic heterocycles. The third kappa shape index (κ3) is 3.65. The highest BCUT2D eigenvalue weighted by Crippen LogP contribution is 2.42. The number of carbonyl (C=O) groups excluding carboxylic acids is 1. The highest BCUT2D eigenvalue weighted by Gasteiger charge is 2.32. The van der Waals surface area contributed by atoms with Gasteiger partial charge in [-0.05, 0) is 48.1 Å². The average Bonchev–Trinajstić information content (AvgIpc) is 3.14. The van der Waals surface area contributed by atoms with Gasteiger partial charge in [0.25, 0.3) is 0 Å². The molecule has 2 heterocycles. The van der Waals surface area contributed by atoms with Gasteiger partial charge in [0.05, 0.1) is 33.4 Å². The number of rotatable bonds is 6. The molecule has 0 amide bonds. The number of hydrogen-bond donors (Lipinski definition) is 0. The predicted octanol–water partition coefficient (Wildman–Crippen LogP) is 3.28. The van der Waals surface area contributed by atoms with E-state index in [0.717, 1.165) is 24.3 Å². The molecular formula is C19H23NO4S. The topological polar surface area (TPSA) is 48.0 Å². The molecule has 1 aromatic carbocycles. The summed E-state index contributed by atoms with van der Waals surface area (Å²) < 4.78 is 16.1. The molecule has 6 heteroatoms. The number of methoxy groups -OCH3 is 2. The molecular weight excluding hydrogens is 338 g/mol. The first kappa shape index (κ1) is 17.8. The van der Waals surface area contributed by atoms with Crippen LogP contribution in [-0.4, -0.2) is 44.8 Å². The third-order valence-corrected chi connectivity index (χ3v) is 5.35. The van der Waals surface area contributed by atoms with Crippen LogP contribution in [0.5, 0.6) is 11.5 Å². The van der Waals surface area contributed by atoms with Crippen LogP contribution in [0.3, 0.4) is 0 Å². The lowest BCUT2D eigenvalue weighted by molar-refractivity contribution is -0.144. The van der Waals surface area contributed by atoms with Gasteiger partial charge in [0.15, 0.2) is 11.5 Å². The van der Waals surface area contributed by atoms with Crippen molar-refractivity contribution in [3.63, 3.8) is 0 Å². The molecule has 3 rings (SSSR count). The van der Waals surface area contributed by atoms with Crippen LogP contribution in [0.25, 0.3) is 0 Å². The van der Waals surface area contributed by atoms with E-state index in [-0.39, 0.29) is 18.6 Å². The molecule has 2 aromatic rings. The summed E-state index contributed by atoms with van der Waals surface area (Å²) in [5.41, 5.74) is 2.40. The van der Waals surface area contributed by atoms with Gasteiger partial charge in [0.2, 0.25) is 0 Å². The van der Waals surface area contributed by atoms with Crippen molar-refractivity contribution in [1.82, 2.24) is 4.90 Å². The molecule has 1 aliphatic heterocycles. The van der Waals surface area contributed by atoms with Crippen molar-refractivity contribution in [2.75, 3.05) is 33.9 Å². The van der Waals surface area contributed by atoms with E-state index in [4.69, 9.17) is 14.2 Å². The molecule has 0 unspecified atom stereocenters. The van der Waals surface area contributed by atoms with Gasteiger partial charge in [0.1, 0.15) is 0 Å². The number of fused-ring (bicyclic) bond motifs is 1. The number of thiophene rings is 1. The quantitative estimate of drug-likeness (QED) is 0.739. The Morgan fingerprint density at radius 2 is 2.04 bits per heavy atom. The van der Waals surface area contributed by atoms with Crippen molar-refractivity contribution in [2.45, 2.75) is 19.4 Å². The lowest BCUT2D eigenvalue weighted by Gasteiger charge is -2.36. The standard InChI is InChI=1S/C19H23NO4S/c1-4-24-18(21)12-20-8-7-13-10-15(22-2)16(23-3)11-14(13)19(20)17-6-5-9-25-17/h5-6,9-11,19H,4,7-8,12H2,1-3H3/t19-/m0/s1. The van der Waals surface area contributed by atoms with E-state index < -0.39 is 0 Å². The summed E-state index contributed by atoms with van der Waals surface area (Å²) in [4.78, 5) is 15.4. The van der Waals surface area contributed by atoms with Crippen LogP contribution in [0.15, 0.2) is 29.6 Å². The van der Waals surface area contributed by atoms with Crippen LogP contribution in [0.4, 0.5) is 0 Å². The Hall–Kier alpha value is -2.05. The molecule has 0 fully saturated rings. The summed E-state index contributed by atoms with van der Waals surface area (Å²) in [6.45, 7) is 3.31. The van der Waals surface area contributed by atoms with Gasteiger partial charge in [-0.15, -0.1) is 11.3 Å². The molecule has 0 bridgehead atoms. The monoisotopic (exact) mass is 361 g/mol. The zero-order valence-electron chi connectivity index (χ0n) is 14.8. The largest absolute Gasteiger partial charge is 0.493 e. The number of esters is 1. The summed E-state index contributed by atoms with van der Waals surface area (Å²) in [7, 11) is 3.29. The van der Waals surface area contributed by atoms with Crippen molar-refractivity contribution < 1.29 is 19.0 Å². The molecule has 0 saturated heterocycles. The fraction of sp³-hybridized carbons (Fsp3) is 0.421. The second-order valence-electron chi connectivity index (χ2n) is 5.85. The SMILES string of the molecule is CCOC(=O)CN1CCc2cc(OC)c(OC)cc2[C@H]1c1cccs1. The van der Waals surface area contributed by atoms with Crippen LogP contribution in [0.2, 0.25) is 0 Å². The van der Waals surface area contributed by atoms with Crippen molar-refractivity contribution in [1.29, 1.82) is 0 Å². The Kier molecular flexibility index (Phi) is 5.60. The maximum absolute atomic E-state index is 12.1. The summed E-state index contributed by atoms with van der Waals surface area (Å²) in [6.07, 6.45) is 0.858. The van der Waals surface area contributed by atoms with Crippen LogP contribution < -0.4 is 9.47 Å². The average molecular weight is 361 g/mol. The first-order valence-corrected chi connectivity index (χ1v) is 9.23. The molecule has 5 nitrogen and oxygen atoms in total. The molecule has 1 aliphatic rings. The van der Waals surface area contributed by atoms with Crippen molar-refractivity contribution in [3.8, 4) is 11.5 Å². The van der Waals surface area contributed by atoms with Gasteiger partial charge in [-0.25, -0.2) is 0 Å². The number of ether oxygens (including phenoxy) is 3. The van der Waals surface area contributed by atoms with E-state index in [0.29, 0.717) is 12.4 Å². The minimum Gasteiger partial charge on any atom is -0.493 e. The summed E-state index contributed by atoms with van der Waals surface area (Å²) in [5, 5.41) is 2.06. The predicted molar refractivity (Wildman–Crippen MR) is 97.6 cm³/mol. The zero-order chi connectivity index (χ0) is 17.8. The summed E-state index contributed by atoms with van der Waals surface area (Å²) in [6, 6.07) is 8.26. The van der Waals surface area contributed by atoms with Crippen LogP contribution in [0.1, 0.15) is 29.0 Å². The van der Waals surface area contributed by atoms with Gasteiger partial charge in [-0.1, -0.05) is 6.07 Å². The fourth-order valence-corrected chi connectivity index (χ4v) is 4.20. The van der Waals surface area contributed by atoms with Crippen molar-refractivity contribution in [2.24, 2.45) is 0 Å². The Morgan fingerprint density at radius 3 is 2.68 bits per heavy atom. The number of nitrogens with zero attached hydrogens (tertiary/aromatic N) is 1. The molecule has 0 N–H and O–H groups in total. The van der Waals surface area contributed by atoms with Crippen LogP contribution >= 0.6 is 11.3 Å². The zero-order valence-corrected chi connectivity index (χ0v) is 15.6. The van der Waals surface area contributed by atoms with Crippen LogP contribution in [-0.2, 0) is 16.0 Å². The molecule has 0 spiro atoms. The lowest BCUT2D eigenvalue weighted by Crippen LogP contribution is -2.39. The highest BCUT2D eigenvalue weighted by molar-refractivity contribution is 7.10. The first-order chi connectivity index (χ1) is 12.2. The summed E-state index contributed by atoms with van der Waals surface area (Å²) >= 11 is 1.69. The maximum atomic E-state index is 12.1. The number of carbonyl (C=O) groups is 1. The minimum atomic E-state index is -0.187. The smallest absolute Gasteiger partial charge is 0.320 e. The molecule has 0 aliphatic carbocycles. The van der Waals surface area contributed by atoms with E-state index in [1.807, 2.05) is 19.1 Å². The van der Waals surface area contributed by atoms with Crippen molar-refractivity contribution >= 4 is 17.3 Å². The second-order valence-corrected chi connectivity index (χ2v) is 6.83. The van der Waals surface area contributed by atoms with E-state index in [1.54, 1.807) is 25.6 Å². The Balaban J connectivity index is 2.01. The third-order valence-electron chi connectivity index (χ3n) is 4.42. The Morgan fingerprint density at radius 1 is 1.28 bits per heavy atom. The van der Waals surface area contributed by atoms with Crippen LogP contribution in [0, 0.1) is 0 Å². The number of benzene rings is 1. The van der Waals surface area contributed by atoms with Gasteiger partial charge in [0, 0.05) is 11.4 Å². The second kappa shape index (κ2) is 7.89. The Labute approximate surface area is 152 Å². The number of hydrogen-bond acceptors (Lipinski definition) is 6. The van der Waals surface area contributed by atoms with Gasteiger partial charge < -0.3 is 14.2 Å². The maximum Gasteiger partial charge on any atom is 0.320 e. The van der Waals surface area contributed by atoms with E-state index in [1.165, 1.54) is 10.4 Å². The lowest BCUT2D eigenvalue weighted by atomic mass is 9.91. The molecule has 0 radical (unpaired) electrons. The fourth-order valence-electron chi connectivity index (χ4n) is 3.32.